The Balaban J connectivity index is 2.43. The van der Waals surface area contributed by atoms with Crippen LogP contribution in [-0.2, 0) is 0 Å². The largest absolute Gasteiger partial charge is 0.388 e. The Hall–Kier alpha value is -1.53. The summed E-state index contributed by atoms with van der Waals surface area (Å²) in [5.74, 6) is 0. The van der Waals surface area contributed by atoms with Crippen LogP contribution in [0.5, 0.6) is 0 Å². The molecule has 0 radical (unpaired) electrons. The van der Waals surface area contributed by atoms with Gasteiger partial charge in [-0.3, -0.25) is 20.8 Å². The molecule has 1 rings (SSSR count). The number of hydrogen-bond donors (Lipinski definition) is 2. The lowest BCUT2D eigenvalue weighted by atomic mass is 10.1. The number of nitro groups is 1. The summed E-state index contributed by atoms with van der Waals surface area (Å²) < 4.78 is 0. The molecule has 6 heteroatoms. The second kappa shape index (κ2) is 5.38. The van der Waals surface area contributed by atoms with Gasteiger partial charge in [-0.15, -0.1) is 0 Å². The Labute approximate surface area is 86.9 Å². The fourth-order valence-electron chi connectivity index (χ4n) is 1.17. The summed E-state index contributed by atoms with van der Waals surface area (Å²) in [6, 6.07) is 3.42. The third-order valence-electron chi connectivity index (χ3n) is 2.08. The van der Waals surface area contributed by atoms with Crippen LogP contribution >= 0.6 is 0 Å². The Bertz CT molecular complexity index is 318. The van der Waals surface area contributed by atoms with Crippen LogP contribution in [-0.4, -0.2) is 21.2 Å². The van der Waals surface area contributed by atoms with E-state index < -0.39 is 17.2 Å². The second-order valence-corrected chi connectivity index (χ2v) is 3.23. The molecular formula is C9H13N3O3. The van der Waals surface area contributed by atoms with E-state index in [-0.39, 0.29) is 12.8 Å². The molecule has 0 aliphatic heterocycles. The van der Waals surface area contributed by atoms with Crippen LogP contribution in [0.2, 0.25) is 0 Å². The summed E-state index contributed by atoms with van der Waals surface area (Å²) in [6.45, 7) is 0. The Morgan fingerprint density at radius 3 is 2.87 bits per heavy atom. The third kappa shape index (κ3) is 3.61. The van der Waals surface area contributed by atoms with Crippen molar-refractivity contribution in [3.05, 3.63) is 40.2 Å². The Morgan fingerprint density at radius 2 is 2.33 bits per heavy atom. The van der Waals surface area contributed by atoms with E-state index in [1.807, 2.05) is 0 Å². The summed E-state index contributed by atoms with van der Waals surface area (Å²) in [6.07, 6.45) is 1.67. The number of aromatic nitrogens is 1. The summed E-state index contributed by atoms with van der Waals surface area (Å²) in [4.78, 5) is 13.5. The van der Waals surface area contributed by atoms with Crippen molar-refractivity contribution < 1.29 is 10.0 Å². The number of nitrogens with zero attached hydrogens (tertiary/aromatic N) is 2. The van der Waals surface area contributed by atoms with Crippen LogP contribution < -0.4 is 5.73 Å². The lowest BCUT2D eigenvalue weighted by molar-refractivity contribution is -0.522. The van der Waals surface area contributed by atoms with Gasteiger partial charge in [0.25, 0.3) is 6.17 Å². The highest BCUT2D eigenvalue weighted by Crippen LogP contribution is 2.17. The molecule has 0 amide bonds. The van der Waals surface area contributed by atoms with E-state index in [0.717, 1.165) is 0 Å². The van der Waals surface area contributed by atoms with Crippen LogP contribution in [0, 0.1) is 10.1 Å². The van der Waals surface area contributed by atoms with E-state index in [2.05, 4.69) is 4.98 Å². The monoisotopic (exact) mass is 211 g/mol. The van der Waals surface area contributed by atoms with Gasteiger partial charge in [-0.1, -0.05) is 6.07 Å². The fraction of sp³-hybridized carbons (Fsp3) is 0.444. The molecule has 1 aromatic heterocycles. The molecule has 0 aliphatic carbocycles. The van der Waals surface area contributed by atoms with Crippen molar-refractivity contribution in [1.29, 1.82) is 0 Å². The average molecular weight is 211 g/mol. The minimum atomic E-state index is -1.11. The SMILES string of the molecule is NC(CCC(O)c1cccnc1)[N+](=O)[O-]. The second-order valence-electron chi connectivity index (χ2n) is 3.23. The van der Waals surface area contributed by atoms with Crippen LogP contribution in [0.15, 0.2) is 24.5 Å². The first kappa shape index (κ1) is 11.5. The van der Waals surface area contributed by atoms with E-state index in [1.54, 1.807) is 18.3 Å². The fourth-order valence-corrected chi connectivity index (χ4v) is 1.17. The van der Waals surface area contributed by atoms with Gasteiger partial charge in [0.2, 0.25) is 0 Å². The lowest BCUT2D eigenvalue weighted by Crippen LogP contribution is -2.29. The molecule has 1 heterocycles. The van der Waals surface area contributed by atoms with Gasteiger partial charge in [-0.25, -0.2) is 0 Å². The van der Waals surface area contributed by atoms with Crippen molar-refractivity contribution in [2.45, 2.75) is 25.1 Å². The molecule has 0 saturated carbocycles. The summed E-state index contributed by atoms with van der Waals surface area (Å²) in [5, 5.41) is 19.9. The number of aliphatic hydroxyl groups excluding tert-OH is 1. The van der Waals surface area contributed by atoms with Crippen LogP contribution in [0.4, 0.5) is 0 Å². The minimum Gasteiger partial charge on any atom is -0.388 e. The predicted molar refractivity (Wildman–Crippen MR) is 53.4 cm³/mol. The van der Waals surface area contributed by atoms with Crippen LogP contribution in [0.3, 0.4) is 0 Å². The average Bonchev–Trinajstić information content (AvgIpc) is 2.26. The number of pyridine rings is 1. The van der Waals surface area contributed by atoms with E-state index in [1.165, 1.54) is 6.20 Å². The van der Waals surface area contributed by atoms with Gasteiger partial charge in [0, 0.05) is 23.7 Å². The molecule has 1 aromatic rings. The van der Waals surface area contributed by atoms with Crippen molar-refractivity contribution in [3.8, 4) is 0 Å². The first-order chi connectivity index (χ1) is 7.11. The lowest BCUT2D eigenvalue weighted by Gasteiger charge is -2.10. The molecular weight excluding hydrogens is 198 g/mol. The van der Waals surface area contributed by atoms with Gasteiger partial charge in [0.15, 0.2) is 0 Å². The summed E-state index contributed by atoms with van der Waals surface area (Å²) in [5.41, 5.74) is 5.86. The van der Waals surface area contributed by atoms with Gasteiger partial charge in [0.1, 0.15) is 0 Å². The Morgan fingerprint density at radius 1 is 1.60 bits per heavy atom. The quantitative estimate of drug-likeness (QED) is 0.418. The zero-order chi connectivity index (χ0) is 11.3. The standard InChI is InChI=1S/C9H13N3O3/c10-9(12(14)15)4-3-8(13)7-2-1-5-11-6-7/h1-2,5-6,8-9,13H,3-4,10H2. The maximum absolute atomic E-state index is 10.2. The number of nitrogens with two attached hydrogens (primary N) is 1. The molecule has 0 aliphatic rings. The molecule has 0 saturated heterocycles. The first-order valence-corrected chi connectivity index (χ1v) is 4.58. The van der Waals surface area contributed by atoms with E-state index in [0.29, 0.717) is 5.56 Å². The summed E-state index contributed by atoms with van der Waals surface area (Å²) in [7, 11) is 0. The van der Waals surface area contributed by atoms with Crippen LogP contribution in [0.25, 0.3) is 0 Å². The maximum atomic E-state index is 10.2. The molecule has 0 bridgehead atoms. The molecule has 6 nitrogen and oxygen atoms in total. The van der Waals surface area contributed by atoms with Crippen molar-refractivity contribution in [2.24, 2.45) is 5.73 Å². The number of rotatable bonds is 5. The smallest absolute Gasteiger partial charge is 0.263 e. The van der Waals surface area contributed by atoms with Crippen LogP contribution in [0.1, 0.15) is 24.5 Å². The molecule has 82 valence electrons. The number of aliphatic hydroxyl groups is 1. The molecule has 3 N–H and O–H groups in total. The van der Waals surface area contributed by atoms with Gasteiger partial charge in [0.05, 0.1) is 6.10 Å². The number of hydrogen-bond acceptors (Lipinski definition) is 5. The molecule has 2 atom stereocenters. The highest BCUT2D eigenvalue weighted by atomic mass is 16.6. The van der Waals surface area contributed by atoms with Crippen molar-refractivity contribution in [1.82, 2.24) is 4.98 Å². The van der Waals surface area contributed by atoms with E-state index in [9.17, 15) is 15.2 Å². The van der Waals surface area contributed by atoms with Crippen molar-refractivity contribution in [3.63, 3.8) is 0 Å². The highest BCUT2D eigenvalue weighted by molar-refractivity contribution is 5.11. The summed E-state index contributed by atoms with van der Waals surface area (Å²) >= 11 is 0. The molecule has 0 spiro atoms. The maximum Gasteiger partial charge on any atom is 0.263 e. The highest BCUT2D eigenvalue weighted by Gasteiger charge is 2.16. The van der Waals surface area contributed by atoms with E-state index >= 15 is 0 Å². The molecule has 0 fully saturated rings. The molecule has 0 aromatic carbocycles. The Kier molecular flexibility index (Phi) is 4.14. The van der Waals surface area contributed by atoms with E-state index in [4.69, 9.17) is 5.73 Å². The van der Waals surface area contributed by atoms with Crippen molar-refractivity contribution >= 4 is 0 Å². The minimum absolute atomic E-state index is 0.142. The van der Waals surface area contributed by atoms with Gasteiger partial charge >= 0.3 is 0 Å². The zero-order valence-electron chi connectivity index (χ0n) is 8.11. The van der Waals surface area contributed by atoms with Crippen molar-refractivity contribution in [2.75, 3.05) is 0 Å². The van der Waals surface area contributed by atoms with Gasteiger partial charge < -0.3 is 5.11 Å². The third-order valence-corrected chi connectivity index (χ3v) is 2.08. The molecule has 2 unspecified atom stereocenters. The zero-order valence-corrected chi connectivity index (χ0v) is 8.11. The van der Waals surface area contributed by atoms with Gasteiger partial charge in [-0.05, 0) is 18.1 Å². The topological polar surface area (TPSA) is 102 Å². The predicted octanol–water partition coefficient (Wildman–Crippen LogP) is 0.457. The molecule has 15 heavy (non-hydrogen) atoms. The normalized spacial score (nSPS) is 14.5. The van der Waals surface area contributed by atoms with Gasteiger partial charge in [-0.2, -0.15) is 0 Å². The first-order valence-electron chi connectivity index (χ1n) is 4.58.